The molecule has 0 N–H and O–H groups in total. The highest BCUT2D eigenvalue weighted by atomic mass is 16.5. The van der Waals surface area contributed by atoms with Gasteiger partial charge in [0.2, 0.25) is 17.7 Å². The average Bonchev–Trinajstić information content (AvgIpc) is 3.21. The van der Waals surface area contributed by atoms with Crippen molar-refractivity contribution < 1.29 is 14.1 Å². The van der Waals surface area contributed by atoms with Gasteiger partial charge < -0.3 is 14.3 Å². The van der Waals surface area contributed by atoms with Crippen LogP contribution in [0.5, 0.6) is 0 Å². The predicted octanol–water partition coefficient (Wildman–Crippen LogP) is 2.08. The van der Waals surface area contributed by atoms with Crippen LogP contribution in [0.15, 0.2) is 4.52 Å². The van der Waals surface area contributed by atoms with Gasteiger partial charge in [0.1, 0.15) is 6.04 Å². The van der Waals surface area contributed by atoms with E-state index in [0.717, 1.165) is 25.7 Å². The maximum Gasteiger partial charge on any atom is 0.249 e. The first-order valence-electron chi connectivity index (χ1n) is 8.98. The molecule has 0 radical (unpaired) electrons. The molecule has 1 atom stereocenters. The Kier molecular flexibility index (Phi) is 5.16. The van der Waals surface area contributed by atoms with Gasteiger partial charge in [-0.25, -0.2) is 0 Å². The zero-order valence-corrected chi connectivity index (χ0v) is 14.5. The van der Waals surface area contributed by atoms with Crippen LogP contribution in [0.25, 0.3) is 0 Å². The maximum absolute atomic E-state index is 13.0. The van der Waals surface area contributed by atoms with Gasteiger partial charge in [0.25, 0.3) is 0 Å². The van der Waals surface area contributed by atoms with Crippen molar-refractivity contribution in [3.05, 3.63) is 11.7 Å². The molecular weight excluding hydrogens is 308 g/mol. The number of amides is 2. The molecule has 24 heavy (non-hydrogen) atoms. The lowest BCUT2D eigenvalue weighted by Crippen LogP contribution is -2.40. The van der Waals surface area contributed by atoms with E-state index < -0.39 is 0 Å². The van der Waals surface area contributed by atoms with Gasteiger partial charge in [-0.3, -0.25) is 9.59 Å². The lowest BCUT2D eigenvalue weighted by molar-refractivity contribution is -0.138. The summed E-state index contributed by atoms with van der Waals surface area (Å²) in [6.45, 7) is 5.38. The van der Waals surface area contributed by atoms with Crippen molar-refractivity contribution in [2.75, 3.05) is 19.6 Å². The van der Waals surface area contributed by atoms with E-state index in [2.05, 4.69) is 10.1 Å². The third-order valence-corrected chi connectivity index (χ3v) is 5.13. The van der Waals surface area contributed by atoms with E-state index in [1.165, 1.54) is 0 Å². The second-order valence-electron chi connectivity index (χ2n) is 6.73. The number of aryl methyl sites for hydroxylation is 1. The summed E-state index contributed by atoms with van der Waals surface area (Å²) in [4.78, 5) is 33.2. The van der Waals surface area contributed by atoms with E-state index in [-0.39, 0.29) is 23.8 Å². The van der Waals surface area contributed by atoms with Gasteiger partial charge in [-0.1, -0.05) is 24.9 Å². The van der Waals surface area contributed by atoms with Crippen molar-refractivity contribution in [3.63, 3.8) is 0 Å². The number of carbonyl (C=O) groups is 2. The molecule has 0 spiro atoms. The fraction of sp³-hybridized carbons (Fsp3) is 0.765. The molecule has 2 fully saturated rings. The van der Waals surface area contributed by atoms with E-state index in [0.29, 0.717) is 44.2 Å². The number of hydrogen-bond acceptors (Lipinski definition) is 5. The van der Waals surface area contributed by atoms with Crippen LogP contribution in [0.3, 0.4) is 0 Å². The van der Waals surface area contributed by atoms with E-state index in [1.54, 1.807) is 6.92 Å². The van der Waals surface area contributed by atoms with Gasteiger partial charge in [0.05, 0.1) is 0 Å². The minimum atomic E-state index is -0.228. The molecule has 7 heteroatoms. The van der Waals surface area contributed by atoms with Gasteiger partial charge in [-0.05, 0) is 26.2 Å². The Hall–Kier alpha value is -1.92. The van der Waals surface area contributed by atoms with Crippen molar-refractivity contribution in [1.82, 2.24) is 19.9 Å². The fourth-order valence-electron chi connectivity index (χ4n) is 3.78. The molecule has 132 valence electrons. The molecule has 1 unspecified atom stereocenters. The number of rotatable bonds is 3. The first-order valence-corrected chi connectivity index (χ1v) is 8.98. The van der Waals surface area contributed by atoms with E-state index in [9.17, 15) is 9.59 Å². The van der Waals surface area contributed by atoms with Gasteiger partial charge in [-0.15, -0.1) is 0 Å². The molecule has 0 bridgehead atoms. The monoisotopic (exact) mass is 334 g/mol. The Morgan fingerprint density at radius 1 is 1.17 bits per heavy atom. The molecule has 1 saturated heterocycles. The molecule has 1 aliphatic carbocycles. The van der Waals surface area contributed by atoms with Crippen molar-refractivity contribution in [2.24, 2.45) is 5.92 Å². The zero-order valence-electron chi connectivity index (χ0n) is 14.5. The smallest absolute Gasteiger partial charge is 0.249 e. The highest BCUT2D eigenvalue weighted by molar-refractivity contribution is 5.80. The first kappa shape index (κ1) is 16.9. The summed E-state index contributed by atoms with van der Waals surface area (Å²) in [5, 5.41) is 3.88. The summed E-state index contributed by atoms with van der Waals surface area (Å²) in [6, 6.07) is -0.228. The molecule has 2 aliphatic rings. The maximum atomic E-state index is 13.0. The van der Waals surface area contributed by atoms with Crippen LogP contribution in [0.1, 0.15) is 63.2 Å². The minimum absolute atomic E-state index is 0.102. The molecule has 2 heterocycles. The number of nitrogens with zero attached hydrogens (tertiary/aromatic N) is 4. The quantitative estimate of drug-likeness (QED) is 0.845. The number of hydrogen-bond donors (Lipinski definition) is 0. The van der Waals surface area contributed by atoms with Crippen molar-refractivity contribution in [3.8, 4) is 0 Å². The van der Waals surface area contributed by atoms with Crippen LogP contribution in [-0.4, -0.2) is 51.4 Å². The third-order valence-electron chi connectivity index (χ3n) is 5.13. The fourth-order valence-corrected chi connectivity index (χ4v) is 3.78. The third kappa shape index (κ3) is 3.44. The van der Waals surface area contributed by atoms with Crippen LogP contribution in [0.2, 0.25) is 0 Å². The Labute approximate surface area is 142 Å². The van der Waals surface area contributed by atoms with Crippen LogP contribution < -0.4 is 0 Å². The van der Waals surface area contributed by atoms with E-state index in [4.69, 9.17) is 4.52 Å². The number of carbonyl (C=O) groups excluding carboxylic acids is 2. The Morgan fingerprint density at radius 3 is 2.54 bits per heavy atom. The van der Waals surface area contributed by atoms with Crippen LogP contribution in [-0.2, 0) is 9.59 Å². The molecule has 1 saturated carbocycles. The lowest BCUT2D eigenvalue weighted by Gasteiger charge is -2.29. The summed E-state index contributed by atoms with van der Waals surface area (Å²) in [5.41, 5.74) is 0. The summed E-state index contributed by atoms with van der Waals surface area (Å²) >= 11 is 0. The minimum Gasteiger partial charge on any atom is -0.341 e. The van der Waals surface area contributed by atoms with Crippen molar-refractivity contribution in [2.45, 2.75) is 58.4 Å². The lowest BCUT2D eigenvalue weighted by atomic mass is 10.0. The molecule has 0 aromatic carbocycles. The van der Waals surface area contributed by atoms with Crippen LogP contribution in [0, 0.1) is 12.8 Å². The standard InChI is InChI=1S/C17H26N4O3/c1-3-15(22)20-9-8-14(16-18-12(2)19-24-16)21(11-10-20)17(23)13-6-4-5-7-13/h13-14H,3-11H2,1-2H3. The van der Waals surface area contributed by atoms with Gasteiger partial charge >= 0.3 is 0 Å². The summed E-state index contributed by atoms with van der Waals surface area (Å²) < 4.78 is 5.37. The van der Waals surface area contributed by atoms with E-state index >= 15 is 0 Å². The Bertz CT molecular complexity index is 594. The predicted molar refractivity (Wildman–Crippen MR) is 86.9 cm³/mol. The Balaban J connectivity index is 1.82. The van der Waals surface area contributed by atoms with E-state index in [1.807, 2.05) is 16.7 Å². The van der Waals surface area contributed by atoms with Crippen LogP contribution in [0.4, 0.5) is 0 Å². The molecule has 1 aromatic rings. The molecular formula is C17H26N4O3. The molecule has 3 rings (SSSR count). The first-order chi connectivity index (χ1) is 11.6. The van der Waals surface area contributed by atoms with Crippen molar-refractivity contribution >= 4 is 11.8 Å². The summed E-state index contributed by atoms with van der Waals surface area (Å²) in [6.07, 6.45) is 5.29. The summed E-state index contributed by atoms with van der Waals surface area (Å²) in [5.74, 6) is 1.48. The van der Waals surface area contributed by atoms with Crippen molar-refractivity contribution in [1.29, 1.82) is 0 Å². The summed E-state index contributed by atoms with van der Waals surface area (Å²) in [7, 11) is 0. The van der Waals surface area contributed by atoms with Crippen LogP contribution >= 0.6 is 0 Å². The highest BCUT2D eigenvalue weighted by Gasteiger charge is 2.37. The van der Waals surface area contributed by atoms with Gasteiger partial charge in [0, 0.05) is 32.0 Å². The number of aromatic nitrogens is 2. The molecule has 2 amide bonds. The second kappa shape index (κ2) is 7.32. The highest BCUT2D eigenvalue weighted by Crippen LogP contribution is 2.32. The largest absolute Gasteiger partial charge is 0.341 e. The molecule has 7 nitrogen and oxygen atoms in total. The van der Waals surface area contributed by atoms with Gasteiger partial charge in [0.15, 0.2) is 5.82 Å². The topological polar surface area (TPSA) is 79.5 Å². The second-order valence-corrected chi connectivity index (χ2v) is 6.73. The molecule has 1 aliphatic heterocycles. The average molecular weight is 334 g/mol. The zero-order chi connectivity index (χ0) is 17.1. The molecule has 1 aromatic heterocycles. The normalized spacial score (nSPS) is 22.7. The Morgan fingerprint density at radius 2 is 1.92 bits per heavy atom. The van der Waals surface area contributed by atoms with Gasteiger partial charge in [-0.2, -0.15) is 4.98 Å². The SMILES string of the molecule is CCC(=O)N1CCC(c2nc(C)no2)N(C(=O)C2CCCC2)CC1.